The van der Waals surface area contributed by atoms with E-state index in [1.54, 1.807) is 24.3 Å². The summed E-state index contributed by atoms with van der Waals surface area (Å²) in [7, 11) is 0. The SMILES string of the molecule is Cl.Nc1ccccc1CCC(=O)Nc1cccc(OCC(=O)N2CCCC2)c1. The van der Waals surface area contributed by atoms with Gasteiger partial charge in [0.15, 0.2) is 6.61 Å². The summed E-state index contributed by atoms with van der Waals surface area (Å²) in [5, 5.41) is 2.86. The average molecular weight is 404 g/mol. The quantitative estimate of drug-likeness (QED) is 0.695. The van der Waals surface area contributed by atoms with Gasteiger partial charge in [0.25, 0.3) is 5.91 Å². The molecule has 0 unspecified atom stereocenters. The normalized spacial score (nSPS) is 12.9. The zero-order valence-electron chi connectivity index (χ0n) is 15.7. The second kappa shape index (κ2) is 10.6. The average Bonchev–Trinajstić information content (AvgIpc) is 3.21. The molecule has 28 heavy (non-hydrogen) atoms. The largest absolute Gasteiger partial charge is 0.484 e. The van der Waals surface area contributed by atoms with E-state index in [0.717, 1.165) is 31.5 Å². The summed E-state index contributed by atoms with van der Waals surface area (Å²) in [5.74, 6) is 0.471. The number of likely N-dealkylation sites (tertiary alicyclic amines) is 1. The molecule has 3 rings (SSSR count). The van der Waals surface area contributed by atoms with Crippen LogP contribution < -0.4 is 15.8 Å². The van der Waals surface area contributed by atoms with Crippen molar-refractivity contribution in [3.63, 3.8) is 0 Å². The minimum absolute atomic E-state index is 0. The number of aryl methyl sites for hydroxylation is 1. The van der Waals surface area contributed by atoms with Crippen LogP contribution in [0.25, 0.3) is 0 Å². The fourth-order valence-corrected chi connectivity index (χ4v) is 3.10. The minimum atomic E-state index is -0.0939. The van der Waals surface area contributed by atoms with Gasteiger partial charge in [-0.3, -0.25) is 9.59 Å². The van der Waals surface area contributed by atoms with Crippen molar-refractivity contribution in [2.75, 3.05) is 30.7 Å². The van der Waals surface area contributed by atoms with E-state index >= 15 is 0 Å². The number of para-hydroxylation sites is 1. The number of benzene rings is 2. The molecule has 1 fully saturated rings. The smallest absolute Gasteiger partial charge is 0.260 e. The van der Waals surface area contributed by atoms with E-state index < -0.39 is 0 Å². The number of nitrogen functional groups attached to an aromatic ring is 1. The standard InChI is InChI=1S/C21H25N3O3.ClH/c22-19-9-2-1-6-16(19)10-11-20(25)23-17-7-5-8-18(14-17)27-15-21(26)24-12-3-4-13-24;/h1-2,5-9,14H,3-4,10-13,15,22H2,(H,23,25);1H. The monoisotopic (exact) mass is 403 g/mol. The molecule has 0 bridgehead atoms. The molecule has 7 heteroatoms. The Balaban J connectivity index is 0.00000280. The predicted molar refractivity (Wildman–Crippen MR) is 113 cm³/mol. The first-order valence-corrected chi connectivity index (χ1v) is 9.26. The van der Waals surface area contributed by atoms with Crippen LogP contribution in [0.1, 0.15) is 24.8 Å². The molecule has 0 radical (unpaired) electrons. The van der Waals surface area contributed by atoms with Gasteiger partial charge in [0, 0.05) is 37.0 Å². The Labute approximate surface area is 171 Å². The van der Waals surface area contributed by atoms with Gasteiger partial charge in [0.1, 0.15) is 5.75 Å². The molecule has 2 aromatic rings. The maximum Gasteiger partial charge on any atom is 0.260 e. The number of nitrogens with zero attached hydrogens (tertiary/aromatic N) is 1. The van der Waals surface area contributed by atoms with Crippen LogP contribution >= 0.6 is 12.4 Å². The predicted octanol–water partition coefficient (Wildman–Crippen LogP) is 3.26. The number of hydrogen-bond acceptors (Lipinski definition) is 4. The van der Waals surface area contributed by atoms with Gasteiger partial charge in [-0.05, 0) is 43.0 Å². The van der Waals surface area contributed by atoms with Gasteiger partial charge in [-0.2, -0.15) is 0 Å². The Morgan fingerprint density at radius 1 is 1.07 bits per heavy atom. The number of ether oxygens (including phenoxy) is 1. The van der Waals surface area contributed by atoms with Crippen molar-refractivity contribution >= 4 is 35.6 Å². The summed E-state index contributed by atoms with van der Waals surface area (Å²) in [4.78, 5) is 26.1. The maximum absolute atomic E-state index is 12.2. The molecule has 6 nitrogen and oxygen atoms in total. The lowest BCUT2D eigenvalue weighted by atomic mass is 10.1. The third-order valence-corrected chi connectivity index (χ3v) is 4.62. The highest BCUT2D eigenvalue weighted by Gasteiger charge is 2.18. The molecule has 0 spiro atoms. The first kappa shape index (κ1) is 21.6. The fraction of sp³-hybridized carbons (Fsp3) is 0.333. The van der Waals surface area contributed by atoms with E-state index in [2.05, 4.69) is 5.32 Å². The highest BCUT2D eigenvalue weighted by molar-refractivity contribution is 5.91. The summed E-state index contributed by atoms with van der Waals surface area (Å²) < 4.78 is 5.59. The van der Waals surface area contributed by atoms with Gasteiger partial charge < -0.3 is 20.7 Å². The van der Waals surface area contributed by atoms with E-state index in [-0.39, 0.29) is 30.8 Å². The Kier molecular flexibility index (Phi) is 8.14. The Bertz CT molecular complexity index is 807. The Morgan fingerprint density at radius 2 is 1.82 bits per heavy atom. The van der Waals surface area contributed by atoms with E-state index in [1.807, 2.05) is 29.2 Å². The van der Waals surface area contributed by atoms with Gasteiger partial charge in [0.2, 0.25) is 5.91 Å². The van der Waals surface area contributed by atoms with Crippen molar-refractivity contribution in [3.05, 3.63) is 54.1 Å². The molecule has 1 aliphatic rings. The van der Waals surface area contributed by atoms with Crippen LogP contribution in [0, 0.1) is 0 Å². The second-order valence-electron chi connectivity index (χ2n) is 6.65. The zero-order valence-corrected chi connectivity index (χ0v) is 16.5. The van der Waals surface area contributed by atoms with Gasteiger partial charge in [-0.25, -0.2) is 0 Å². The van der Waals surface area contributed by atoms with E-state index in [4.69, 9.17) is 10.5 Å². The van der Waals surface area contributed by atoms with Crippen molar-refractivity contribution in [1.82, 2.24) is 4.90 Å². The summed E-state index contributed by atoms with van der Waals surface area (Å²) >= 11 is 0. The minimum Gasteiger partial charge on any atom is -0.484 e. The molecule has 0 aliphatic carbocycles. The molecule has 0 aromatic heterocycles. The highest BCUT2D eigenvalue weighted by atomic mass is 35.5. The third-order valence-electron chi connectivity index (χ3n) is 4.62. The molecular weight excluding hydrogens is 378 g/mol. The number of halogens is 1. The van der Waals surface area contributed by atoms with Gasteiger partial charge in [-0.1, -0.05) is 24.3 Å². The van der Waals surface area contributed by atoms with Crippen molar-refractivity contribution < 1.29 is 14.3 Å². The third kappa shape index (κ3) is 6.16. The number of rotatable bonds is 7. The van der Waals surface area contributed by atoms with E-state index in [9.17, 15) is 9.59 Å². The molecule has 3 N–H and O–H groups in total. The summed E-state index contributed by atoms with van der Waals surface area (Å²) in [6.07, 6.45) is 3.04. The molecule has 1 saturated heterocycles. The topological polar surface area (TPSA) is 84.7 Å². The first-order chi connectivity index (χ1) is 13.1. The number of nitrogens with two attached hydrogens (primary N) is 1. The Hall–Kier alpha value is -2.73. The van der Waals surface area contributed by atoms with Crippen LogP contribution in [0.4, 0.5) is 11.4 Å². The highest BCUT2D eigenvalue weighted by Crippen LogP contribution is 2.19. The van der Waals surface area contributed by atoms with Gasteiger partial charge in [-0.15, -0.1) is 12.4 Å². The molecule has 1 aliphatic heterocycles. The number of anilines is 2. The molecule has 1 heterocycles. The molecular formula is C21H26ClN3O3. The van der Waals surface area contributed by atoms with Crippen LogP contribution in [0.5, 0.6) is 5.75 Å². The second-order valence-corrected chi connectivity index (χ2v) is 6.65. The van der Waals surface area contributed by atoms with Crippen LogP contribution in [0.15, 0.2) is 48.5 Å². The molecule has 2 amide bonds. The van der Waals surface area contributed by atoms with Crippen molar-refractivity contribution in [1.29, 1.82) is 0 Å². The lowest BCUT2D eigenvalue weighted by Crippen LogP contribution is -2.32. The number of hydrogen-bond donors (Lipinski definition) is 2. The Morgan fingerprint density at radius 3 is 2.57 bits per heavy atom. The lowest BCUT2D eigenvalue weighted by molar-refractivity contribution is -0.132. The molecule has 0 saturated carbocycles. The number of carbonyl (C=O) groups is 2. The molecule has 2 aromatic carbocycles. The van der Waals surface area contributed by atoms with Crippen molar-refractivity contribution in [2.24, 2.45) is 0 Å². The summed E-state index contributed by atoms with van der Waals surface area (Å²) in [5.41, 5.74) is 8.21. The van der Waals surface area contributed by atoms with E-state index in [0.29, 0.717) is 30.0 Å². The lowest BCUT2D eigenvalue weighted by Gasteiger charge is -2.15. The van der Waals surface area contributed by atoms with Crippen LogP contribution in [0.3, 0.4) is 0 Å². The zero-order chi connectivity index (χ0) is 19.1. The van der Waals surface area contributed by atoms with Crippen LogP contribution in [-0.2, 0) is 16.0 Å². The van der Waals surface area contributed by atoms with Crippen LogP contribution in [-0.4, -0.2) is 36.4 Å². The van der Waals surface area contributed by atoms with Crippen molar-refractivity contribution in [2.45, 2.75) is 25.7 Å². The fourth-order valence-electron chi connectivity index (χ4n) is 3.10. The summed E-state index contributed by atoms with van der Waals surface area (Å²) in [6, 6.07) is 14.6. The molecule has 150 valence electrons. The van der Waals surface area contributed by atoms with E-state index in [1.165, 1.54) is 0 Å². The number of carbonyl (C=O) groups excluding carboxylic acids is 2. The maximum atomic E-state index is 12.2. The number of amides is 2. The molecule has 0 atom stereocenters. The van der Waals surface area contributed by atoms with Crippen LogP contribution in [0.2, 0.25) is 0 Å². The van der Waals surface area contributed by atoms with Gasteiger partial charge >= 0.3 is 0 Å². The summed E-state index contributed by atoms with van der Waals surface area (Å²) in [6.45, 7) is 1.64. The van der Waals surface area contributed by atoms with Crippen molar-refractivity contribution in [3.8, 4) is 5.75 Å². The van der Waals surface area contributed by atoms with Gasteiger partial charge in [0.05, 0.1) is 0 Å². The number of nitrogens with one attached hydrogen (secondary N) is 1. The first-order valence-electron chi connectivity index (χ1n) is 9.26.